The fourth-order valence-electron chi connectivity index (χ4n) is 2.97. The van der Waals surface area contributed by atoms with Gasteiger partial charge in [0.15, 0.2) is 11.5 Å². The summed E-state index contributed by atoms with van der Waals surface area (Å²) in [5.74, 6) is 1.91. The maximum absolute atomic E-state index is 12.9. The summed E-state index contributed by atoms with van der Waals surface area (Å²) >= 11 is 1.63. The number of ether oxygens (including phenoxy) is 3. The Labute approximate surface area is 178 Å². The van der Waals surface area contributed by atoms with Gasteiger partial charge in [-0.2, -0.15) is 0 Å². The van der Waals surface area contributed by atoms with E-state index in [-0.39, 0.29) is 17.8 Å². The van der Waals surface area contributed by atoms with Crippen LogP contribution < -0.4 is 9.47 Å². The molecule has 2 aromatic rings. The maximum atomic E-state index is 12.9. The smallest absolute Gasteiger partial charge is 0.323 e. The Kier molecular flexibility index (Phi) is 9.88. The number of hydrogen-bond donors (Lipinski definition) is 0. The highest BCUT2D eigenvalue weighted by Crippen LogP contribution is 2.31. The van der Waals surface area contributed by atoms with E-state index in [0.717, 1.165) is 36.5 Å². The van der Waals surface area contributed by atoms with Crippen LogP contribution in [0.3, 0.4) is 0 Å². The molecule has 158 valence electrons. The fraction of sp³-hybridized carbons (Fsp3) is 0.435. The number of nitrogens with zero attached hydrogens (tertiary/aromatic N) is 1. The highest BCUT2D eigenvalue weighted by atomic mass is 32.2. The number of rotatable bonds is 12. The molecule has 1 atom stereocenters. The fourth-order valence-corrected chi connectivity index (χ4v) is 4.12. The molecule has 0 N–H and O–H groups in total. The van der Waals surface area contributed by atoms with Crippen molar-refractivity contribution in [3.8, 4) is 11.5 Å². The average molecular weight is 418 g/mol. The van der Waals surface area contributed by atoms with E-state index in [1.807, 2.05) is 48.5 Å². The van der Waals surface area contributed by atoms with Crippen LogP contribution in [-0.2, 0) is 16.1 Å². The van der Waals surface area contributed by atoms with Crippen molar-refractivity contribution < 1.29 is 19.0 Å². The molecule has 0 spiro atoms. The highest BCUT2D eigenvalue weighted by molar-refractivity contribution is 8.00. The van der Waals surface area contributed by atoms with Crippen molar-refractivity contribution in [2.75, 3.05) is 39.6 Å². The van der Waals surface area contributed by atoms with Gasteiger partial charge >= 0.3 is 5.97 Å². The van der Waals surface area contributed by atoms with E-state index < -0.39 is 0 Å². The summed E-state index contributed by atoms with van der Waals surface area (Å²) in [5.41, 5.74) is 1.82. The van der Waals surface area contributed by atoms with Gasteiger partial charge in [0.25, 0.3) is 0 Å². The lowest BCUT2D eigenvalue weighted by Crippen LogP contribution is -2.26. The van der Waals surface area contributed by atoms with Gasteiger partial charge in [-0.3, -0.25) is 4.79 Å². The molecular formula is C23H31NO4S. The number of carbonyl (C=O) groups is 1. The molecule has 0 fully saturated rings. The van der Waals surface area contributed by atoms with Crippen LogP contribution in [0.15, 0.2) is 48.5 Å². The molecule has 2 aromatic carbocycles. The molecule has 6 heteroatoms. The summed E-state index contributed by atoms with van der Waals surface area (Å²) in [7, 11) is 3.18. The number of carbonyl (C=O) groups excluding carboxylic acids is 1. The van der Waals surface area contributed by atoms with Gasteiger partial charge in [0.1, 0.15) is 11.9 Å². The number of thioether (sulfide) groups is 1. The molecule has 0 heterocycles. The predicted octanol–water partition coefficient (Wildman–Crippen LogP) is 4.56. The number of esters is 1. The molecular weight excluding hydrogens is 386 g/mol. The average Bonchev–Trinajstić information content (AvgIpc) is 2.78. The topological polar surface area (TPSA) is 48.0 Å². The zero-order valence-corrected chi connectivity index (χ0v) is 18.5. The quantitative estimate of drug-likeness (QED) is 0.472. The minimum atomic E-state index is -0.341. The Morgan fingerprint density at radius 1 is 1.00 bits per heavy atom. The molecule has 0 aliphatic heterocycles. The Hall–Kier alpha value is -2.18. The molecule has 0 bridgehead atoms. The van der Waals surface area contributed by atoms with Crippen molar-refractivity contribution in [1.82, 2.24) is 4.90 Å². The maximum Gasteiger partial charge on any atom is 0.323 e. The standard InChI is InChI=1S/C23H31NO4S/c1-5-24(6-2)14-15-29-22(19-10-8-7-9-11-19)23(25)28-17-18-12-13-20(26-3)21(16-18)27-4/h7-13,16,22H,5-6,14-15,17H2,1-4H3/t22-/m0/s1. The second kappa shape index (κ2) is 12.4. The van der Waals surface area contributed by atoms with Gasteiger partial charge in [0, 0.05) is 12.3 Å². The Bertz CT molecular complexity index is 750. The van der Waals surface area contributed by atoms with Crippen LogP contribution in [0.2, 0.25) is 0 Å². The summed E-state index contributed by atoms with van der Waals surface area (Å²) < 4.78 is 16.2. The molecule has 0 saturated heterocycles. The lowest BCUT2D eigenvalue weighted by Gasteiger charge is -2.20. The Balaban J connectivity index is 2.03. The van der Waals surface area contributed by atoms with Crippen LogP contribution in [-0.4, -0.2) is 50.5 Å². The zero-order chi connectivity index (χ0) is 21.1. The number of hydrogen-bond acceptors (Lipinski definition) is 6. The van der Waals surface area contributed by atoms with Gasteiger partial charge in [-0.25, -0.2) is 0 Å². The van der Waals surface area contributed by atoms with Crippen LogP contribution >= 0.6 is 11.8 Å². The van der Waals surface area contributed by atoms with Crippen molar-refractivity contribution in [1.29, 1.82) is 0 Å². The van der Waals surface area contributed by atoms with Crippen LogP contribution in [0.1, 0.15) is 30.2 Å². The van der Waals surface area contributed by atoms with Gasteiger partial charge < -0.3 is 19.1 Å². The summed E-state index contributed by atoms with van der Waals surface area (Å²) in [6.45, 7) is 7.47. The summed E-state index contributed by atoms with van der Waals surface area (Å²) in [4.78, 5) is 15.2. The molecule has 0 radical (unpaired) electrons. The lowest BCUT2D eigenvalue weighted by molar-refractivity contribution is -0.144. The molecule has 0 aliphatic carbocycles. The highest BCUT2D eigenvalue weighted by Gasteiger charge is 2.23. The van der Waals surface area contributed by atoms with E-state index >= 15 is 0 Å². The van der Waals surface area contributed by atoms with Crippen LogP contribution in [0, 0.1) is 0 Å². The van der Waals surface area contributed by atoms with Gasteiger partial charge in [0.05, 0.1) is 14.2 Å². The molecule has 0 unspecified atom stereocenters. The molecule has 29 heavy (non-hydrogen) atoms. The van der Waals surface area contributed by atoms with Gasteiger partial charge in [-0.15, -0.1) is 11.8 Å². The summed E-state index contributed by atoms with van der Waals surface area (Å²) in [6, 6.07) is 15.3. The van der Waals surface area contributed by atoms with Crippen molar-refractivity contribution in [2.24, 2.45) is 0 Å². The summed E-state index contributed by atoms with van der Waals surface area (Å²) in [6.07, 6.45) is 0. The van der Waals surface area contributed by atoms with Crippen LogP contribution in [0.25, 0.3) is 0 Å². The third-order valence-corrected chi connectivity index (χ3v) is 5.95. The number of benzene rings is 2. The van der Waals surface area contributed by atoms with E-state index in [2.05, 4.69) is 18.7 Å². The molecule has 2 rings (SSSR count). The molecule has 0 aromatic heterocycles. The van der Waals surface area contributed by atoms with Crippen molar-refractivity contribution in [2.45, 2.75) is 25.7 Å². The third-order valence-electron chi connectivity index (χ3n) is 4.73. The third kappa shape index (κ3) is 6.98. The largest absolute Gasteiger partial charge is 0.493 e. The van der Waals surface area contributed by atoms with Crippen molar-refractivity contribution in [3.05, 3.63) is 59.7 Å². The van der Waals surface area contributed by atoms with E-state index in [1.54, 1.807) is 26.0 Å². The monoisotopic (exact) mass is 417 g/mol. The first-order valence-corrected chi connectivity index (χ1v) is 10.9. The minimum absolute atomic E-state index is 0.194. The van der Waals surface area contributed by atoms with E-state index in [1.165, 1.54) is 0 Å². The van der Waals surface area contributed by atoms with Gasteiger partial charge in [0.2, 0.25) is 0 Å². The second-order valence-electron chi connectivity index (χ2n) is 6.49. The first-order chi connectivity index (χ1) is 14.1. The van der Waals surface area contributed by atoms with Gasteiger partial charge in [-0.05, 0) is 36.3 Å². The normalized spacial score (nSPS) is 11.9. The Morgan fingerprint density at radius 3 is 2.31 bits per heavy atom. The molecule has 0 aliphatic rings. The van der Waals surface area contributed by atoms with Crippen LogP contribution in [0.5, 0.6) is 11.5 Å². The first kappa shape index (κ1) is 23.1. The Morgan fingerprint density at radius 2 is 1.69 bits per heavy atom. The number of methoxy groups -OCH3 is 2. The van der Waals surface area contributed by atoms with Crippen LogP contribution in [0.4, 0.5) is 0 Å². The molecule has 0 amide bonds. The minimum Gasteiger partial charge on any atom is -0.493 e. The van der Waals surface area contributed by atoms with E-state index in [4.69, 9.17) is 14.2 Å². The second-order valence-corrected chi connectivity index (χ2v) is 7.70. The lowest BCUT2D eigenvalue weighted by atomic mass is 10.1. The van der Waals surface area contributed by atoms with E-state index in [9.17, 15) is 4.79 Å². The van der Waals surface area contributed by atoms with Gasteiger partial charge in [-0.1, -0.05) is 50.2 Å². The zero-order valence-electron chi connectivity index (χ0n) is 17.7. The predicted molar refractivity (Wildman–Crippen MR) is 119 cm³/mol. The molecule has 0 saturated carbocycles. The molecule has 5 nitrogen and oxygen atoms in total. The SMILES string of the molecule is CCN(CC)CCS[C@H](C(=O)OCc1ccc(OC)c(OC)c1)c1ccccc1. The van der Waals surface area contributed by atoms with Crippen molar-refractivity contribution in [3.63, 3.8) is 0 Å². The first-order valence-electron chi connectivity index (χ1n) is 9.89. The van der Waals surface area contributed by atoms with Crippen molar-refractivity contribution >= 4 is 17.7 Å². The summed E-state index contributed by atoms with van der Waals surface area (Å²) in [5, 5.41) is -0.341. The van der Waals surface area contributed by atoms with E-state index in [0.29, 0.717) is 11.5 Å².